The lowest BCUT2D eigenvalue weighted by molar-refractivity contribution is 0.406. The Labute approximate surface area is 86.6 Å². The Kier molecular flexibility index (Phi) is 2.34. The SMILES string of the molecule is CC(C)(C)Cc1ccc2c(n1)CCC2. The summed E-state index contributed by atoms with van der Waals surface area (Å²) in [5.41, 5.74) is 4.44. The normalized spacial score (nSPS) is 15.6. The smallest absolute Gasteiger partial charge is 0.0438 e. The summed E-state index contributed by atoms with van der Waals surface area (Å²) in [5, 5.41) is 0. The van der Waals surface area contributed by atoms with Gasteiger partial charge < -0.3 is 0 Å². The van der Waals surface area contributed by atoms with Gasteiger partial charge in [0.1, 0.15) is 0 Å². The molecule has 0 saturated carbocycles. The maximum atomic E-state index is 4.74. The number of rotatable bonds is 1. The van der Waals surface area contributed by atoms with E-state index in [-0.39, 0.29) is 0 Å². The number of aromatic nitrogens is 1. The minimum absolute atomic E-state index is 0.347. The Balaban J connectivity index is 2.21. The highest BCUT2D eigenvalue weighted by Gasteiger charge is 2.16. The molecule has 0 spiro atoms. The van der Waals surface area contributed by atoms with E-state index >= 15 is 0 Å². The molecule has 0 aliphatic heterocycles. The second kappa shape index (κ2) is 3.38. The summed E-state index contributed by atoms with van der Waals surface area (Å²) in [5.74, 6) is 0. The monoisotopic (exact) mass is 189 g/mol. The zero-order valence-corrected chi connectivity index (χ0v) is 9.43. The van der Waals surface area contributed by atoms with Crippen molar-refractivity contribution in [3.05, 3.63) is 29.1 Å². The van der Waals surface area contributed by atoms with Crippen LogP contribution in [-0.2, 0) is 19.3 Å². The van der Waals surface area contributed by atoms with Crippen LogP contribution < -0.4 is 0 Å². The predicted molar refractivity (Wildman–Crippen MR) is 59.4 cm³/mol. The molecule has 1 aromatic rings. The van der Waals surface area contributed by atoms with Crippen molar-refractivity contribution in [2.24, 2.45) is 5.41 Å². The number of hydrogen-bond donors (Lipinski definition) is 0. The van der Waals surface area contributed by atoms with Crippen molar-refractivity contribution in [2.45, 2.75) is 46.5 Å². The summed E-state index contributed by atoms with van der Waals surface area (Å²) >= 11 is 0. The standard InChI is InChI=1S/C13H19N/c1-13(2,3)9-11-8-7-10-5-4-6-12(10)14-11/h7-8H,4-6,9H2,1-3H3. The van der Waals surface area contributed by atoms with Crippen LogP contribution in [0.3, 0.4) is 0 Å². The molecule has 1 aromatic heterocycles. The Morgan fingerprint density at radius 1 is 1.21 bits per heavy atom. The van der Waals surface area contributed by atoms with Gasteiger partial charge in [-0.25, -0.2) is 0 Å². The van der Waals surface area contributed by atoms with Crippen LogP contribution in [0.4, 0.5) is 0 Å². The topological polar surface area (TPSA) is 12.9 Å². The van der Waals surface area contributed by atoms with Crippen LogP contribution in [0, 0.1) is 5.41 Å². The Morgan fingerprint density at radius 2 is 2.00 bits per heavy atom. The third kappa shape index (κ3) is 2.14. The molecule has 1 heteroatoms. The first-order chi connectivity index (χ1) is 6.54. The molecule has 1 aliphatic carbocycles. The van der Waals surface area contributed by atoms with Crippen LogP contribution in [-0.4, -0.2) is 4.98 Å². The maximum Gasteiger partial charge on any atom is 0.0438 e. The van der Waals surface area contributed by atoms with Crippen LogP contribution in [0.25, 0.3) is 0 Å². The predicted octanol–water partition coefficient (Wildman–Crippen LogP) is 3.16. The third-order valence-corrected chi connectivity index (χ3v) is 2.70. The van der Waals surface area contributed by atoms with Gasteiger partial charge in [-0.2, -0.15) is 0 Å². The second-order valence-corrected chi connectivity index (χ2v) is 5.50. The average Bonchev–Trinajstić information content (AvgIpc) is 2.47. The highest BCUT2D eigenvalue weighted by molar-refractivity contribution is 5.27. The molecule has 0 saturated heterocycles. The van der Waals surface area contributed by atoms with Gasteiger partial charge in [0.2, 0.25) is 0 Å². The van der Waals surface area contributed by atoms with Gasteiger partial charge in [-0.3, -0.25) is 4.98 Å². The van der Waals surface area contributed by atoms with Crippen molar-refractivity contribution in [3.8, 4) is 0 Å². The molecular formula is C13H19N. The number of aryl methyl sites for hydroxylation is 2. The first-order valence-corrected chi connectivity index (χ1v) is 5.52. The largest absolute Gasteiger partial charge is 0.258 e. The fourth-order valence-electron chi connectivity index (χ4n) is 2.11. The van der Waals surface area contributed by atoms with Crippen molar-refractivity contribution in [1.82, 2.24) is 4.98 Å². The molecule has 2 rings (SSSR count). The van der Waals surface area contributed by atoms with Crippen molar-refractivity contribution in [2.75, 3.05) is 0 Å². The van der Waals surface area contributed by atoms with Crippen LogP contribution in [0.1, 0.15) is 44.1 Å². The van der Waals surface area contributed by atoms with Crippen molar-refractivity contribution in [3.63, 3.8) is 0 Å². The first kappa shape index (κ1) is 9.70. The number of hydrogen-bond acceptors (Lipinski definition) is 1. The zero-order valence-electron chi connectivity index (χ0n) is 9.43. The van der Waals surface area contributed by atoms with Gasteiger partial charge in [0, 0.05) is 11.4 Å². The number of nitrogens with zero attached hydrogens (tertiary/aromatic N) is 1. The molecule has 1 nitrogen and oxygen atoms in total. The molecular weight excluding hydrogens is 170 g/mol. The molecule has 0 N–H and O–H groups in total. The minimum atomic E-state index is 0.347. The van der Waals surface area contributed by atoms with E-state index in [9.17, 15) is 0 Å². The van der Waals surface area contributed by atoms with E-state index < -0.39 is 0 Å². The Hall–Kier alpha value is -0.850. The van der Waals surface area contributed by atoms with Gasteiger partial charge in [-0.15, -0.1) is 0 Å². The van der Waals surface area contributed by atoms with Gasteiger partial charge in [0.25, 0.3) is 0 Å². The van der Waals surface area contributed by atoms with E-state index in [1.165, 1.54) is 36.2 Å². The molecule has 1 heterocycles. The van der Waals surface area contributed by atoms with Crippen molar-refractivity contribution < 1.29 is 0 Å². The quantitative estimate of drug-likeness (QED) is 0.661. The van der Waals surface area contributed by atoms with Gasteiger partial charge in [-0.05, 0) is 42.7 Å². The Morgan fingerprint density at radius 3 is 2.71 bits per heavy atom. The van der Waals surface area contributed by atoms with Crippen LogP contribution in [0.5, 0.6) is 0 Å². The summed E-state index contributed by atoms with van der Waals surface area (Å²) in [4.78, 5) is 4.74. The maximum absolute atomic E-state index is 4.74. The molecule has 1 aliphatic rings. The molecule has 0 fully saturated rings. The fraction of sp³-hybridized carbons (Fsp3) is 0.615. The summed E-state index contributed by atoms with van der Waals surface area (Å²) in [6, 6.07) is 4.48. The van der Waals surface area contributed by atoms with E-state index in [4.69, 9.17) is 4.98 Å². The lowest BCUT2D eigenvalue weighted by atomic mass is 9.90. The van der Waals surface area contributed by atoms with E-state index in [0.29, 0.717) is 5.41 Å². The molecule has 0 amide bonds. The van der Waals surface area contributed by atoms with Gasteiger partial charge in [0.05, 0.1) is 0 Å². The minimum Gasteiger partial charge on any atom is -0.258 e. The van der Waals surface area contributed by atoms with E-state index in [1.54, 1.807) is 0 Å². The van der Waals surface area contributed by atoms with Crippen LogP contribution >= 0.6 is 0 Å². The number of fused-ring (bicyclic) bond motifs is 1. The van der Waals surface area contributed by atoms with E-state index in [2.05, 4.69) is 32.9 Å². The van der Waals surface area contributed by atoms with Crippen LogP contribution in [0.15, 0.2) is 12.1 Å². The van der Waals surface area contributed by atoms with Crippen molar-refractivity contribution >= 4 is 0 Å². The van der Waals surface area contributed by atoms with Gasteiger partial charge in [0.15, 0.2) is 0 Å². The number of pyridine rings is 1. The van der Waals surface area contributed by atoms with E-state index in [1.807, 2.05) is 0 Å². The van der Waals surface area contributed by atoms with Crippen molar-refractivity contribution in [1.29, 1.82) is 0 Å². The average molecular weight is 189 g/mol. The molecule has 0 radical (unpaired) electrons. The van der Waals surface area contributed by atoms with Gasteiger partial charge >= 0.3 is 0 Å². The molecule has 0 bridgehead atoms. The summed E-state index contributed by atoms with van der Waals surface area (Å²) in [7, 11) is 0. The summed E-state index contributed by atoms with van der Waals surface area (Å²) in [6.45, 7) is 6.80. The van der Waals surface area contributed by atoms with E-state index in [0.717, 1.165) is 6.42 Å². The molecule has 14 heavy (non-hydrogen) atoms. The molecule has 76 valence electrons. The molecule has 0 aromatic carbocycles. The molecule has 0 atom stereocenters. The zero-order chi connectivity index (χ0) is 10.2. The highest BCUT2D eigenvalue weighted by atomic mass is 14.7. The van der Waals surface area contributed by atoms with Gasteiger partial charge in [-0.1, -0.05) is 26.8 Å². The summed E-state index contributed by atoms with van der Waals surface area (Å²) in [6.07, 6.45) is 4.80. The first-order valence-electron chi connectivity index (χ1n) is 5.52. The summed E-state index contributed by atoms with van der Waals surface area (Å²) < 4.78 is 0. The lowest BCUT2D eigenvalue weighted by Crippen LogP contribution is -2.11. The third-order valence-electron chi connectivity index (χ3n) is 2.70. The fourth-order valence-corrected chi connectivity index (χ4v) is 2.11. The lowest BCUT2D eigenvalue weighted by Gasteiger charge is -2.17. The Bertz CT molecular complexity index is 334. The highest BCUT2D eigenvalue weighted by Crippen LogP contribution is 2.24. The van der Waals surface area contributed by atoms with Crippen LogP contribution in [0.2, 0.25) is 0 Å². The molecule has 0 unspecified atom stereocenters. The second-order valence-electron chi connectivity index (χ2n) is 5.50.